The van der Waals surface area contributed by atoms with Crippen molar-refractivity contribution in [1.82, 2.24) is 19.3 Å². The van der Waals surface area contributed by atoms with E-state index in [4.69, 9.17) is 16.1 Å². The van der Waals surface area contributed by atoms with Gasteiger partial charge in [0, 0.05) is 25.6 Å². The van der Waals surface area contributed by atoms with Crippen LogP contribution >= 0.6 is 11.6 Å². The van der Waals surface area contributed by atoms with Gasteiger partial charge >= 0.3 is 0 Å². The van der Waals surface area contributed by atoms with E-state index in [2.05, 4.69) is 15.0 Å². The van der Waals surface area contributed by atoms with E-state index in [0.717, 1.165) is 18.7 Å². The number of halogens is 1. The highest BCUT2D eigenvalue weighted by Crippen LogP contribution is 2.39. The number of benzene rings is 1. The van der Waals surface area contributed by atoms with Crippen LogP contribution in [0.3, 0.4) is 0 Å². The Morgan fingerprint density at radius 3 is 2.73 bits per heavy atom. The Bertz CT molecular complexity index is 906. The molecule has 9 heteroatoms. The zero-order valence-electron chi connectivity index (χ0n) is 14.7. The number of rotatable bonds is 4. The number of likely N-dealkylation sites (N-methyl/N-ethyl adjacent to an activating group) is 1. The van der Waals surface area contributed by atoms with Crippen molar-refractivity contribution in [2.45, 2.75) is 36.6 Å². The van der Waals surface area contributed by atoms with E-state index in [9.17, 15) is 8.42 Å². The first-order valence-corrected chi connectivity index (χ1v) is 10.5. The molecular formula is C17H21ClN4O3S. The summed E-state index contributed by atoms with van der Waals surface area (Å²) in [5.74, 6) is 1.60. The van der Waals surface area contributed by atoms with Crippen molar-refractivity contribution >= 4 is 21.6 Å². The van der Waals surface area contributed by atoms with Gasteiger partial charge in [0.15, 0.2) is 5.82 Å². The van der Waals surface area contributed by atoms with Crippen LogP contribution in [0.2, 0.25) is 5.02 Å². The lowest BCUT2D eigenvalue weighted by molar-refractivity contribution is 0.120. The first-order chi connectivity index (χ1) is 12.4. The smallest absolute Gasteiger partial charge is 0.245 e. The molecule has 7 nitrogen and oxygen atoms in total. The summed E-state index contributed by atoms with van der Waals surface area (Å²) in [6.07, 6.45) is 2.18. The van der Waals surface area contributed by atoms with Crippen LogP contribution in [-0.4, -0.2) is 54.4 Å². The molecule has 26 heavy (non-hydrogen) atoms. The van der Waals surface area contributed by atoms with Crippen LogP contribution in [0.5, 0.6) is 0 Å². The van der Waals surface area contributed by atoms with Crippen molar-refractivity contribution in [2.75, 3.05) is 26.7 Å². The summed E-state index contributed by atoms with van der Waals surface area (Å²) in [7, 11) is -1.76. The quantitative estimate of drug-likeness (QED) is 0.790. The highest BCUT2D eigenvalue weighted by molar-refractivity contribution is 7.89. The molecule has 2 aromatic rings. The first kappa shape index (κ1) is 17.9. The van der Waals surface area contributed by atoms with E-state index in [-0.39, 0.29) is 22.5 Å². The van der Waals surface area contributed by atoms with E-state index in [1.165, 1.54) is 4.31 Å². The number of piperazine rings is 1. The van der Waals surface area contributed by atoms with Gasteiger partial charge in [0.25, 0.3) is 0 Å². The fraction of sp³-hybridized carbons (Fsp3) is 0.529. The van der Waals surface area contributed by atoms with E-state index < -0.39 is 10.0 Å². The monoisotopic (exact) mass is 396 g/mol. The van der Waals surface area contributed by atoms with Gasteiger partial charge in [-0.2, -0.15) is 9.29 Å². The van der Waals surface area contributed by atoms with Crippen molar-refractivity contribution < 1.29 is 12.9 Å². The highest BCUT2D eigenvalue weighted by atomic mass is 35.5. The normalized spacial score (nSPS) is 22.7. The van der Waals surface area contributed by atoms with Gasteiger partial charge in [0.2, 0.25) is 15.9 Å². The van der Waals surface area contributed by atoms with Crippen LogP contribution in [0.25, 0.3) is 0 Å². The fourth-order valence-corrected chi connectivity index (χ4v) is 5.52. The topological polar surface area (TPSA) is 79.5 Å². The van der Waals surface area contributed by atoms with Gasteiger partial charge in [0.05, 0.1) is 5.02 Å². The minimum atomic E-state index is -3.70. The zero-order chi connectivity index (χ0) is 18.5. The molecule has 0 unspecified atom stereocenters. The average molecular weight is 397 g/mol. The lowest BCUT2D eigenvalue weighted by Crippen LogP contribution is -2.49. The number of sulfonamides is 1. The lowest BCUT2D eigenvalue weighted by atomic mass is 10.2. The van der Waals surface area contributed by atoms with E-state index in [1.54, 1.807) is 25.1 Å². The SMILES string of the molecule is Cc1cccc(Cl)c1S(=O)(=O)N1CCN(C)[C@H](c2nc(C3CC3)no2)C1. The van der Waals surface area contributed by atoms with Crippen LogP contribution in [0, 0.1) is 6.92 Å². The van der Waals surface area contributed by atoms with Gasteiger partial charge in [0.1, 0.15) is 10.9 Å². The molecule has 0 N–H and O–H groups in total. The lowest BCUT2D eigenvalue weighted by Gasteiger charge is -2.37. The molecule has 1 aromatic heterocycles. The second kappa shape index (κ2) is 6.60. The summed E-state index contributed by atoms with van der Waals surface area (Å²) >= 11 is 6.20. The Kier molecular flexibility index (Phi) is 4.54. The Morgan fingerprint density at radius 2 is 2.04 bits per heavy atom. The molecule has 140 valence electrons. The molecule has 0 radical (unpaired) electrons. The number of hydrogen-bond donors (Lipinski definition) is 0. The molecule has 1 aromatic carbocycles. The molecular weight excluding hydrogens is 376 g/mol. The molecule has 0 amide bonds. The van der Waals surface area contributed by atoms with E-state index in [0.29, 0.717) is 30.5 Å². The van der Waals surface area contributed by atoms with E-state index >= 15 is 0 Å². The largest absolute Gasteiger partial charge is 0.338 e. The van der Waals surface area contributed by atoms with Gasteiger partial charge in [-0.25, -0.2) is 8.42 Å². The summed E-state index contributed by atoms with van der Waals surface area (Å²) in [6, 6.07) is 4.85. The molecule has 1 aliphatic heterocycles. The van der Waals surface area contributed by atoms with Crippen LogP contribution < -0.4 is 0 Å². The van der Waals surface area contributed by atoms with Gasteiger partial charge in [-0.05, 0) is 38.4 Å². The third-order valence-electron chi connectivity index (χ3n) is 5.06. The van der Waals surface area contributed by atoms with Crippen LogP contribution in [-0.2, 0) is 10.0 Å². The third kappa shape index (κ3) is 3.15. The van der Waals surface area contributed by atoms with Crippen molar-refractivity contribution in [3.8, 4) is 0 Å². The van der Waals surface area contributed by atoms with Gasteiger partial charge in [-0.15, -0.1) is 0 Å². The molecule has 2 aliphatic rings. The van der Waals surface area contributed by atoms with Crippen molar-refractivity contribution in [3.63, 3.8) is 0 Å². The summed E-state index contributed by atoms with van der Waals surface area (Å²) in [6.45, 7) is 2.99. The maximum Gasteiger partial charge on any atom is 0.245 e. The number of aromatic nitrogens is 2. The van der Waals surface area contributed by atoms with Crippen LogP contribution in [0.1, 0.15) is 42.1 Å². The summed E-state index contributed by atoms with van der Waals surface area (Å²) in [5, 5.41) is 4.30. The minimum Gasteiger partial charge on any atom is -0.338 e. The van der Waals surface area contributed by atoms with Crippen molar-refractivity contribution in [1.29, 1.82) is 0 Å². The summed E-state index contributed by atoms with van der Waals surface area (Å²) < 4.78 is 33.3. The molecule has 0 bridgehead atoms. The molecule has 2 fully saturated rings. The number of aryl methyl sites for hydroxylation is 1. The highest BCUT2D eigenvalue weighted by Gasteiger charge is 2.38. The Balaban J connectivity index is 1.63. The van der Waals surface area contributed by atoms with Crippen LogP contribution in [0.4, 0.5) is 0 Å². The molecule has 4 rings (SSSR count). The van der Waals surface area contributed by atoms with Crippen LogP contribution in [0.15, 0.2) is 27.6 Å². The van der Waals surface area contributed by atoms with Gasteiger partial charge in [-0.3, -0.25) is 4.90 Å². The maximum atomic E-state index is 13.2. The second-order valence-corrected chi connectivity index (χ2v) is 9.29. The standard InChI is InChI=1S/C17H21ClN4O3S/c1-11-4-3-5-13(18)15(11)26(23,24)22-9-8-21(2)14(10-22)17-19-16(20-25-17)12-6-7-12/h3-5,12,14H,6-10H2,1-2H3/t14-/m0/s1. The molecule has 1 atom stereocenters. The maximum absolute atomic E-state index is 13.2. The van der Waals surface area contributed by atoms with Crippen molar-refractivity contribution in [3.05, 3.63) is 40.5 Å². The Morgan fingerprint density at radius 1 is 1.27 bits per heavy atom. The molecule has 1 aliphatic carbocycles. The number of hydrogen-bond acceptors (Lipinski definition) is 6. The predicted octanol–water partition coefficient (Wildman–Crippen LogP) is 2.59. The molecule has 0 spiro atoms. The zero-order valence-corrected chi connectivity index (χ0v) is 16.3. The fourth-order valence-electron chi connectivity index (χ4n) is 3.30. The predicted molar refractivity (Wildman–Crippen MR) is 96.6 cm³/mol. The Hall–Kier alpha value is -1.48. The van der Waals surface area contributed by atoms with Gasteiger partial charge in [-0.1, -0.05) is 28.9 Å². The van der Waals surface area contributed by atoms with Gasteiger partial charge < -0.3 is 4.52 Å². The first-order valence-electron chi connectivity index (χ1n) is 8.67. The molecule has 1 saturated heterocycles. The average Bonchev–Trinajstić information content (AvgIpc) is 3.32. The van der Waals surface area contributed by atoms with E-state index in [1.807, 2.05) is 7.05 Å². The van der Waals surface area contributed by atoms with Crippen molar-refractivity contribution in [2.24, 2.45) is 0 Å². The summed E-state index contributed by atoms with van der Waals surface area (Å²) in [4.78, 5) is 6.73. The Labute approximate surface area is 158 Å². The minimum absolute atomic E-state index is 0.175. The number of nitrogens with zero attached hydrogens (tertiary/aromatic N) is 4. The molecule has 2 heterocycles. The summed E-state index contributed by atoms with van der Waals surface area (Å²) in [5.41, 5.74) is 0.641. The molecule has 1 saturated carbocycles. The second-order valence-electron chi connectivity index (χ2n) is 7.01. The third-order valence-corrected chi connectivity index (χ3v) is 7.55.